The molecule has 0 fully saturated rings. The maximum atomic E-state index is 12.3. The van der Waals surface area contributed by atoms with Crippen LogP contribution >= 0.6 is 0 Å². The van der Waals surface area contributed by atoms with Crippen molar-refractivity contribution in [2.75, 3.05) is 5.32 Å². The molecule has 4 aromatic rings. The average Bonchev–Trinajstić information content (AvgIpc) is 3.31. The second kappa shape index (κ2) is 8.02. The Balaban J connectivity index is 1.38. The van der Waals surface area contributed by atoms with Gasteiger partial charge in [-0.05, 0) is 60.7 Å². The van der Waals surface area contributed by atoms with Gasteiger partial charge < -0.3 is 10.1 Å². The highest BCUT2D eigenvalue weighted by Gasteiger charge is 2.07. The molecule has 4 rings (SSSR count). The third-order valence-electron chi connectivity index (χ3n) is 3.98. The number of carbonyl (C=O) groups excluding carboxylic acids is 1. The highest BCUT2D eigenvalue weighted by atomic mass is 16.5. The molecule has 0 bridgehead atoms. The minimum absolute atomic E-state index is 0.261. The zero-order valence-electron chi connectivity index (χ0n) is 15.1. The van der Waals surface area contributed by atoms with Gasteiger partial charge in [-0.2, -0.15) is 10.4 Å². The first-order valence-corrected chi connectivity index (χ1v) is 8.64. The van der Waals surface area contributed by atoms with Crippen LogP contribution in [-0.4, -0.2) is 25.9 Å². The van der Waals surface area contributed by atoms with Crippen LogP contribution in [0.5, 0.6) is 11.6 Å². The summed E-state index contributed by atoms with van der Waals surface area (Å²) in [6, 6.07) is 20.6. The Labute approximate surface area is 166 Å². The molecule has 0 saturated heterocycles. The maximum Gasteiger partial charge on any atom is 0.255 e. The Kier molecular flexibility index (Phi) is 4.95. The van der Waals surface area contributed by atoms with Crippen molar-refractivity contribution in [2.24, 2.45) is 0 Å². The summed E-state index contributed by atoms with van der Waals surface area (Å²) in [6.45, 7) is 0. The molecule has 0 unspecified atom stereocenters. The lowest BCUT2D eigenvalue weighted by Crippen LogP contribution is -2.11. The summed E-state index contributed by atoms with van der Waals surface area (Å²) in [5.41, 5.74) is 1.59. The molecule has 8 nitrogen and oxygen atoms in total. The van der Waals surface area contributed by atoms with Crippen molar-refractivity contribution in [3.63, 3.8) is 0 Å². The molecule has 0 atom stereocenters. The summed E-state index contributed by atoms with van der Waals surface area (Å²) in [4.78, 5) is 12.3. The molecule has 140 valence electrons. The molecule has 0 spiro atoms. The molecule has 2 aromatic heterocycles. The summed E-state index contributed by atoms with van der Waals surface area (Å²) in [7, 11) is 0. The zero-order chi connectivity index (χ0) is 20.1. The zero-order valence-corrected chi connectivity index (χ0v) is 15.1. The molecular formula is C21H14N6O2. The number of nitrogens with one attached hydrogen (secondary N) is 1. The largest absolute Gasteiger partial charge is 0.438 e. The lowest BCUT2D eigenvalue weighted by atomic mass is 10.1. The third kappa shape index (κ3) is 4.26. The van der Waals surface area contributed by atoms with Crippen molar-refractivity contribution in [1.29, 1.82) is 5.26 Å². The van der Waals surface area contributed by atoms with Crippen LogP contribution < -0.4 is 10.1 Å². The van der Waals surface area contributed by atoms with E-state index in [4.69, 9.17) is 10.00 Å². The summed E-state index contributed by atoms with van der Waals surface area (Å²) < 4.78 is 7.27. The van der Waals surface area contributed by atoms with Crippen LogP contribution in [0.25, 0.3) is 5.82 Å². The van der Waals surface area contributed by atoms with Gasteiger partial charge in [0.15, 0.2) is 5.82 Å². The lowest BCUT2D eigenvalue weighted by Gasteiger charge is -2.08. The fraction of sp³-hybridized carbons (Fsp3) is 0. The van der Waals surface area contributed by atoms with Crippen LogP contribution in [0.15, 0.2) is 79.1 Å². The Hall–Kier alpha value is -4.51. The van der Waals surface area contributed by atoms with E-state index in [2.05, 4.69) is 20.6 Å². The number of aromatic nitrogens is 4. The summed E-state index contributed by atoms with van der Waals surface area (Å²) in [6.07, 6.45) is 3.43. The van der Waals surface area contributed by atoms with Crippen LogP contribution in [0.3, 0.4) is 0 Å². The summed E-state index contributed by atoms with van der Waals surface area (Å²) >= 11 is 0. The van der Waals surface area contributed by atoms with Crippen LogP contribution in [0, 0.1) is 11.3 Å². The van der Waals surface area contributed by atoms with E-state index >= 15 is 0 Å². The second-order valence-corrected chi connectivity index (χ2v) is 5.95. The summed E-state index contributed by atoms with van der Waals surface area (Å²) in [5, 5.41) is 23.8. The molecule has 29 heavy (non-hydrogen) atoms. The monoisotopic (exact) mass is 382 g/mol. The Bertz CT molecular complexity index is 1150. The Morgan fingerprint density at radius 2 is 1.79 bits per heavy atom. The number of hydrogen-bond acceptors (Lipinski definition) is 6. The van der Waals surface area contributed by atoms with Gasteiger partial charge in [-0.1, -0.05) is 0 Å². The first-order valence-electron chi connectivity index (χ1n) is 8.64. The normalized spacial score (nSPS) is 10.2. The number of ether oxygens (including phenoxy) is 1. The van der Waals surface area contributed by atoms with Crippen LogP contribution in [0.1, 0.15) is 15.9 Å². The van der Waals surface area contributed by atoms with Gasteiger partial charge in [-0.3, -0.25) is 4.79 Å². The first kappa shape index (κ1) is 17.9. The topological polar surface area (TPSA) is 106 Å². The highest BCUT2D eigenvalue weighted by molar-refractivity contribution is 6.04. The Morgan fingerprint density at radius 1 is 1.00 bits per heavy atom. The van der Waals surface area contributed by atoms with E-state index in [0.717, 1.165) is 0 Å². The molecule has 0 saturated carbocycles. The number of nitrogens with zero attached hydrogens (tertiary/aromatic N) is 5. The predicted octanol–water partition coefficient (Wildman–Crippen LogP) is 3.58. The van der Waals surface area contributed by atoms with Crippen LogP contribution in [0.4, 0.5) is 5.69 Å². The number of carbonyl (C=O) groups is 1. The Morgan fingerprint density at radius 3 is 2.41 bits per heavy atom. The van der Waals surface area contributed by atoms with Crippen molar-refractivity contribution in [1.82, 2.24) is 20.0 Å². The fourth-order valence-electron chi connectivity index (χ4n) is 2.52. The minimum atomic E-state index is -0.261. The number of rotatable bonds is 5. The van der Waals surface area contributed by atoms with Gasteiger partial charge in [0.05, 0.1) is 11.6 Å². The standard InChI is InChI=1S/C21H14N6O2/c22-14-15-2-4-16(5-3-15)21(28)24-17-6-8-18(9-7-17)29-20-11-10-19(25-26-20)27-13-1-12-23-27/h1-13H,(H,24,28). The number of amides is 1. The third-order valence-corrected chi connectivity index (χ3v) is 3.98. The van der Waals surface area contributed by atoms with Gasteiger partial charge in [0.1, 0.15) is 5.75 Å². The number of nitriles is 1. The van der Waals surface area contributed by atoms with Crippen molar-refractivity contribution < 1.29 is 9.53 Å². The van der Waals surface area contributed by atoms with Gasteiger partial charge in [0.2, 0.25) is 5.88 Å². The summed E-state index contributed by atoms with van der Waals surface area (Å²) in [5.74, 6) is 1.23. The molecule has 0 radical (unpaired) electrons. The van der Waals surface area contributed by atoms with Crippen molar-refractivity contribution in [2.45, 2.75) is 0 Å². The molecule has 2 aromatic carbocycles. The lowest BCUT2D eigenvalue weighted by molar-refractivity contribution is 0.102. The van der Waals surface area contributed by atoms with Gasteiger partial charge in [0, 0.05) is 29.7 Å². The average molecular weight is 382 g/mol. The first-order chi connectivity index (χ1) is 14.2. The maximum absolute atomic E-state index is 12.3. The van der Waals surface area contributed by atoms with E-state index in [1.165, 1.54) is 0 Å². The second-order valence-electron chi connectivity index (χ2n) is 5.95. The van der Waals surface area contributed by atoms with Crippen molar-refractivity contribution >= 4 is 11.6 Å². The molecule has 2 heterocycles. The molecular weight excluding hydrogens is 368 g/mol. The van der Waals surface area contributed by atoms with E-state index < -0.39 is 0 Å². The highest BCUT2D eigenvalue weighted by Crippen LogP contribution is 2.22. The van der Waals surface area contributed by atoms with E-state index in [9.17, 15) is 4.79 Å². The molecule has 0 aliphatic carbocycles. The van der Waals surface area contributed by atoms with Crippen LogP contribution in [0.2, 0.25) is 0 Å². The van der Waals surface area contributed by atoms with Gasteiger partial charge >= 0.3 is 0 Å². The predicted molar refractivity (Wildman–Crippen MR) is 105 cm³/mol. The minimum Gasteiger partial charge on any atom is -0.438 e. The van der Waals surface area contributed by atoms with Crippen molar-refractivity contribution in [3.8, 4) is 23.5 Å². The molecule has 0 aliphatic heterocycles. The van der Waals surface area contributed by atoms with Gasteiger partial charge in [0.25, 0.3) is 5.91 Å². The number of hydrogen-bond donors (Lipinski definition) is 1. The number of benzene rings is 2. The molecule has 1 N–H and O–H groups in total. The molecule has 1 amide bonds. The fourth-order valence-corrected chi connectivity index (χ4v) is 2.52. The molecule has 0 aliphatic rings. The van der Waals surface area contributed by atoms with E-state index in [1.807, 2.05) is 6.07 Å². The van der Waals surface area contributed by atoms with Crippen LogP contribution in [-0.2, 0) is 0 Å². The number of anilines is 1. The van der Waals surface area contributed by atoms with Gasteiger partial charge in [-0.15, -0.1) is 10.2 Å². The quantitative estimate of drug-likeness (QED) is 0.565. The van der Waals surface area contributed by atoms with E-state index in [0.29, 0.717) is 34.3 Å². The van der Waals surface area contributed by atoms with E-state index in [1.54, 1.807) is 83.8 Å². The van der Waals surface area contributed by atoms with Gasteiger partial charge in [-0.25, -0.2) is 4.68 Å². The van der Waals surface area contributed by atoms with Crippen molar-refractivity contribution in [3.05, 3.63) is 90.3 Å². The smallest absolute Gasteiger partial charge is 0.255 e. The van der Waals surface area contributed by atoms with E-state index in [-0.39, 0.29) is 5.91 Å². The SMILES string of the molecule is N#Cc1ccc(C(=O)Nc2ccc(Oc3ccc(-n4cccn4)nn3)cc2)cc1. The molecule has 8 heteroatoms.